The second kappa shape index (κ2) is 9.44. The fourth-order valence-electron chi connectivity index (χ4n) is 3.54. The maximum Gasteiger partial charge on any atom is 0.230 e. The van der Waals surface area contributed by atoms with E-state index >= 15 is 0 Å². The summed E-state index contributed by atoms with van der Waals surface area (Å²) in [5.41, 5.74) is 1.43. The van der Waals surface area contributed by atoms with Crippen LogP contribution >= 0.6 is 0 Å². The van der Waals surface area contributed by atoms with E-state index in [0.29, 0.717) is 44.6 Å². The maximum atomic E-state index is 13.4. The molecule has 6 heteroatoms. The van der Waals surface area contributed by atoms with Gasteiger partial charge in [0.15, 0.2) is 0 Å². The lowest BCUT2D eigenvalue weighted by atomic mass is 9.94. The molecule has 3 rings (SSSR count). The van der Waals surface area contributed by atoms with Gasteiger partial charge < -0.3 is 9.80 Å². The first kappa shape index (κ1) is 20.0. The molecule has 1 aromatic carbocycles. The van der Waals surface area contributed by atoms with Crippen molar-refractivity contribution in [2.45, 2.75) is 39.2 Å². The van der Waals surface area contributed by atoms with Crippen molar-refractivity contribution in [3.63, 3.8) is 0 Å². The molecule has 2 heterocycles. The van der Waals surface area contributed by atoms with Gasteiger partial charge in [0.25, 0.3) is 0 Å². The lowest BCUT2D eigenvalue weighted by Gasteiger charge is -2.34. The molecule has 1 fully saturated rings. The van der Waals surface area contributed by atoms with Crippen molar-refractivity contribution >= 4 is 17.5 Å². The van der Waals surface area contributed by atoms with Crippen LogP contribution in [0.25, 0.3) is 0 Å². The molecule has 2 aromatic rings. The van der Waals surface area contributed by atoms with Crippen molar-refractivity contribution in [1.82, 2.24) is 9.88 Å². The topological polar surface area (TPSA) is 53.5 Å². The molecular weight excluding hydrogens is 357 g/mol. The van der Waals surface area contributed by atoms with E-state index in [2.05, 4.69) is 4.98 Å². The molecule has 0 bridgehead atoms. The Balaban J connectivity index is 1.73. The molecular formula is C22H26FN3O2. The molecule has 0 atom stereocenters. The van der Waals surface area contributed by atoms with Gasteiger partial charge in [-0.2, -0.15) is 0 Å². The number of amides is 2. The monoisotopic (exact) mass is 383 g/mol. The largest absolute Gasteiger partial charge is 0.343 e. The van der Waals surface area contributed by atoms with Crippen LogP contribution in [0.3, 0.4) is 0 Å². The molecule has 1 saturated heterocycles. The Bertz CT molecular complexity index is 787. The van der Waals surface area contributed by atoms with Crippen LogP contribution in [0.4, 0.5) is 10.1 Å². The number of benzene rings is 1. The van der Waals surface area contributed by atoms with Crippen LogP contribution < -0.4 is 4.90 Å². The van der Waals surface area contributed by atoms with E-state index in [1.807, 2.05) is 30.0 Å². The fourth-order valence-corrected chi connectivity index (χ4v) is 3.54. The number of halogens is 1. The summed E-state index contributed by atoms with van der Waals surface area (Å²) in [6, 6.07) is 11.5. The zero-order chi connectivity index (χ0) is 19.9. The number of anilines is 1. The Kier molecular flexibility index (Phi) is 6.74. The Labute approximate surface area is 165 Å². The average molecular weight is 383 g/mol. The predicted octanol–water partition coefficient (Wildman–Crippen LogP) is 3.79. The van der Waals surface area contributed by atoms with Crippen LogP contribution in [0, 0.1) is 11.7 Å². The van der Waals surface area contributed by atoms with Crippen molar-refractivity contribution in [2.75, 3.05) is 18.0 Å². The summed E-state index contributed by atoms with van der Waals surface area (Å²) in [5, 5.41) is 0. The smallest absolute Gasteiger partial charge is 0.230 e. The van der Waals surface area contributed by atoms with Crippen molar-refractivity contribution in [2.24, 2.45) is 5.92 Å². The van der Waals surface area contributed by atoms with E-state index in [1.165, 1.54) is 12.1 Å². The third kappa shape index (κ3) is 4.94. The number of aromatic nitrogens is 1. The van der Waals surface area contributed by atoms with Gasteiger partial charge in [-0.3, -0.25) is 14.6 Å². The SMILES string of the molecule is CCCC(=O)N1CCC(C(=O)N(Cc2ccccn2)c2ccc(F)cc2)CC1. The molecule has 148 valence electrons. The van der Waals surface area contributed by atoms with E-state index in [-0.39, 0.29) is 23.5 Å². The highest BCUT2D eigenvalue weighted by Crippen LogP contribution is 2.25. The van der Waals surface area contributed by atoms with Crippen molar-refractivity contribution in [3.05, 3.63) is 60.2 Å². The second-order valence-electron chi connectivity index (χ2n) is 7.13. The molecule has 1 aromatic heterocycles. The molecule has 0 aliphatic carbocycles. The molecule has 28 heavy (non-hydrogen) atoms. The highest BCUT2D eigenvalue weighted by Gasteiger charge is 2.31. The molecule has 2 amide bonds. The average Bonchev–Trinajstić information content (AvgIpc) is 2.73. The van der Waals surface area contributed by atoms with Gasteiger partial charge in [-0.05, 0) is 55.7 Å². The standard InChI is InChI=1S/C22H26FN3O2/c1-2-5-21(27)25-14-11-17(12-15-25)22(28)26(16-19-6-3-4-13-24-19)20-9-7-18(23)8-10-20/h3-4,6-10,13,17H,2,5,11-12,14-16H2,1H3. The Morgan fingerprint density at radius 1 is 1.14 bits per heavy atom. The minimum atomic E-state index is -0.336. The summed E-state index contributed by atoms with van der Waals surface area (Å²) >= 11 is 0. The molecule has 0 unspecified atom stereocenters. The van der Waals surface area contributed by atoms with E-state index in [9.17, 15) is 14.0 Å². The van der Waals surface area contributed by atoms with Gasteiger partial charge in [0, 0.05) is 37.3 Å². The van der Waals surface area contributed by atoms with Crippen LogP contribution in [0.1, 0.15) is 38.3 Å². The van der Waals surface area contributed by atoms with E-state index < -0.39 is 0 Å². The summed E-state index contributed by atoms with van der Waals surface area (Å²) in [7, 11) is 0. The number of carbonyl (C=O) groups is 2. The van der Waals surface area contributed by atoms with Crippen molar-refractivity contribution < 1.29 is 14.0 Å². The highest BCUT2D eigenvalue weighted by molar-refractivity contribution is 5.95. The number of carbonyl (C=O) groups excluding carboxylic acids is 2. The maximum absolute atomic E-state index is 13.4. The number of hydrogen-bond donors (Lipinski definition) is 0. The number of nitrogens with zero attached hydrogens (tertiary/aromatic N) is 3. The van der Waals surface area contributed by atoms with Gasteiger partial charge in [-0.1, -0.05) is 13.0 Å². The molecule has 1 aliphatic heterocycles. The normalized spacial score (nSPS) is 14.7. The first-order chi connectivity index (χ1) is 13.6. The summed E-state index contributed by atoms with van der Waals surface area (Å²) in [6.07, 6.45) is 4.38. The summed E-state index contributed by atoms with van der Waals surface area (Å²) < 4.78 is 13.4. The van der Waals surface area contributed by atoms with Gasteiger partial charge in [-0.25, -0.2) is 4.39 Å². The molecule has 0 N–H and O–H groups in total. The van der Waals surface area contributed by atoms with Gasteiger partial charge in [-0.15, -0.1) is 0 Å². The molecule has 5 nitrogen and oxygen atoms in total. The fraction of sp³-hybridized carbons (Fsp3) is 0.409. The van der Waals surface area contributed by atoms with Crippen molar-refractivity contribution in [3.8, 4) is 0 Å². The molecule has 1 aliphatic rings. The first-order valence-electron chi connectivity index (χ1n) is 9.83. The second-order valence-corrected chi connectivity index (χ2v) is 7.13. The van der Waals surface area contributed by atoms with Gasteiger partial charge >= 0.3 is 0 Å². The molecule has 0 spiro atoms. The Morgan fingerprint density at radius 2 is 1.86 bits per heavy atom. The predicted molar refractivity (Wildman–Crippen MR) is 106 cm³/mol. The van der Waals surface area contributed by atoms with Crippen LogP contribution in [0.2, 0.25) is 0 Å². The minimum absolute atomic E-state index is 0.000137. The number of piperidine rings is 1. The number of pyridine rings is 1. The lowest BCUT2D eigenvalue weighted by molar-refractivity contribution is -0.135. The zero-order valence-electron chi connectivity index (χ0n) is 16.2. The van der Waals surface area contributed by atoms with E-state index in [1.54, 1.807) is 23.2 Å². The highest BCUT2D eigenvalue weighted by atomic mass is 19.1. The third-order valence-electron chi connectivity index (χ3n) is 5.11. The van der Waals surface area contributed by atoms with Gasteiger partial charge in [0.1, 0.15) is 5.82 Å². The lowest BCUT2D eigenvalue weighted by Crippen LogP contribution is -2.44. The quantitative estimate of drug-likeness (QED) is 0.763. The van der Waals surface area contributed by atoms with Crippen LogP contribution in [-0.2, 0) is 16.1 Å². The molecule has 0 saturated carbocycles. The van der Waals surface area contributed by atoms with Crippen LogP contribution in [-0.4, -0.2) is 34.8 Å². The van der Waals surface area contributed by atoms with Crippen molar-refractivity contribution in [1.29, 1.82) is 0 Å². The Hall–Kier alpha value is -2.76. The Morgan fingerprint density at radius 3 is 2.46 bits per heavy atom. The first-order valence-corrected chi connectivity index (χ1v) is 9.83. The van der Waals surface area contributed by atoms with Crippen LogP contribution in [0.15, 0.2) is 48.7 Å². The van der Waals surface area contributed by atoms with Gasteiger partial charge in [0.05, 0.1) is 12.2 Å². The number of rotatable bonds is 6. The third-order valence-corrected chi connectivity index (χ3v) is 5.11. The summed E-state index contributed by atoms with van der Waals surface area (Å²) in [5.74, 6) is -0.326. The molecule has 0 radical (unpaired) electrons. The van der Waals surface area contributed by atoms with Gasteiger partial charge in [0.2, 0.25) is 11.8 Å². The zero-order valence-corrected chi connectivity index (χ0v) is 16.2. The summed E-state index contributed by atoms with van der Waals surface area (Å²) in [4.78, 5) is 33.2. The van der Waals surface area contributed by atoms with E-state index in [0.717, 1.165) is 12.1 Å². The van der Waals surface area contributed by atoms with E-state index in [4.69, 9.17) is 0 Å². The van der Waals surface area contributed by atoms with Crippen LogP contribution in [0.5, 0.6) is 0 Å². The number of likely N-dealkylation sites (tertiary alicyclic amines) is 1. The summed E-state index contributed by atoms with van der Waals surface area (Å²) in [6.45, 7) is 3.54. The number of hydrogen-bond acceptors (Lipinski definition) is 3. The minimum Gasteiger partial charge on any atom is -0.343 e.